The summed E-state index contributed by atoms with van der Waals surface area (Å²) in [6.07, 6.45) is 3.23. The third-order valence-electron chi connectivity index (χ3n) is 4.14. The van der Waals surface area contributed by atoms with E-state index in [9.17, 15) is 5.11 Å². The van der Waals surface area contributed by atoms with Crippen LogP contribution in [0.25, 0.3) is 0 Å². The normalized spacial score (nSPS) is 19.1. The van der Waals surface area contributed by atoms with E-state index in [1.54, 1.807) is 0 Å². The summed E-state index contributed by atoms with van der Waals surface area (Å²) < 4.78 is 5.66. The highest BCUT2D eigenvalue weighted by Gasteiger charge is 2.21. The van der Waals surface area contributed by atoms with E-state index < -0.39 is 0 Å². The van der Waals surface area contributed by atoms with Crippen LogP contribution in [0.15, 0.2) is 24.3 Å². The predicted octanol–water partition coefficient (Wildman–Crippen LogP) is 2.78. The predicted molar refractivity (Wildman–Crippen MR) is 81.9 cm³/mol. The summed E-state index contributed by atoms with van der Waals surface area (Å²) in [5.74, 6) is 0. The number of aliphatic hydroxyl groups excluding tert-OH is 1. The van der Waals surface area contributed by atoms with Crippen LogP contribution in [-0.4, -0.2) is 42.4 Å². The standard InChI is InChI=1S/C17H27NO2/c1-3-14-5-7-15(8-6-14)17(19)13-18-11-9-16(10-12-18)20-4-2/h5-8,16-17,19H,3-4,9-13H2,1-2H3. The molecule has 1 heterocycles. The molecular formula is C17H27NO2. The van der Waals surface area contributed by atoms with Gasteiger partial charge in [-0.15, -0.1) is 0 Å². The molecule has 0 aliphatic carbocycles. The van der Waals surface area contributed by atoms with Crippen molar-refractivity contribution in [1.29, 1.82) is 0 Å². The van der Waals surface area contributed by atoms with E-state index in [2.05, 4.69) is 43.0 Å². The molecule has 0 radical (unpaired) electrons. The van der Waals surface area contributed by atoms with E-state index in [1.807, 2.05) is 0 Å². The molecule has 1 saturated heterocycles. The van der Waals surface area contributed by atoms with Crippen LogP contribution in [0.4, 0.5) is 0 Å². The Kier molecular flexibility index (Phi) is 6.02. The van der Waals surface area contributed by atoms with Crippen LogP contribution in [0.2, 0.25) is 0 Å². The van der Waals surface area contributed by atoms with Crippen molar-refractivity contribution in [1.82, 2.24) is 4.90 Å². The minimum atomic E-state index is -0.385. The smallest absolute Gasteiger partial charge is 0.0916 e. The lowest BCUT2D eigenvalue weighted by Gasteiger charge is -2.33. The Morgan fingerprint density at radius 2 is 1.85 bits per heavy atom. The molecule has 1 N–H and O–H groups in total. The van der Waals surface area contributed by atoms with E-state index in [0.717, 1.165) is 51.1 Å². The Balaban J connectivity index is 1.81. The molecule has 0 aromatic heterocycles. The molecule has 0 bridgehead atoms. The van der Waals surface area contributed by atoms with Crippen molar-refractivity contribution in [3.63, 3.8) is 0 Å². The Morgan fingerprint density at radius 3 is 2.40 bits per heavy atom. The van der Waals surface area contributed by atoms with Gasteiger partial charge in [0.25, 0.3) is 0 Å². The average Bonchev–Trinajstić information content (AvgIpc) is 2.49. The monoisotopic (exact) mass is 277 g/mol. The number of nitrogens with zero attached hydrogens (tertiary/aromatic N) is 1. The zero-order valence-corrected chi connectivity index (χ0v) is 12.7. The molecule has 1 unspecified atom stereocenters. The molecule has 3 heteroatoms. The third-order valence-corrected chi connectivity index (χ3v) is 4.14. The summed E-state index contributed by atoms with van der Waals surface area (Å²) in [6, 6.07) is 8.33. The van der Waals surface area contributed by atoms with Crippen molar-refractivity contribution in [3.8, 4) is 0 Å². The summed E-state index contributed by atoms with van der Waals surface area (Å²) in [6.45, 7) is 7.77. The summed E-state index contributed by atoms with van der Waals surface area (Å²) in [7, 11) is 0. The van der Waals surface area contributed by atoms with Gasteiger partial charge in [-0.05, 0) is 37.3 Å². The molecule has 1 aliphatic rings. The number of benzene rings is 1. The van der Waals surface area contributed by atoms with Gasteiger partial charge < -0.3 is 14.7 Å². The van der Waals surface area contributed by atoms with Crippen molar-refractivity contribution in [3.05, 3.63) is 35.4 Å². The molecule has 0 amide bonds. The Hall–Kier alpha value is -0.900. The highest BCUT2D eigenvalue weighted by molar-refractivity contribution is 5.24. The SMILES string of the molecule is CCOC1CCN(CC(O)c2ccc(CC)cc2)CC1. The molecule has 20 heavy (non-hydrogen) atoms. The highest BCUT2D eigenvalue weighted by Crippen LogP contribution is 2.19. The number of ether oxygens (including phenoxy) is 1. The second-order valence-corrected chi connectivity index (χ2v) is 5.57. The summed E-state index contributed by atoms with van der Waals surface area (Å²) >= 11 is 0. The van der Waals surface area contributed by atoms with E-state index >= 15 is 0 Å². The number of rotatable bonds is 6. The maximum Gasteiger partial charge on any atom is 0.0916 e. The van der Waals surface area contributed by atoms with Crippen molar-refractivity contribution in [2.24, 2.45) is 0 Å². The van der Waals surface area contributed by atoms with E-state index in [0.29, 0.717) is 6.10 Å². The molecule has 1 atom stereocenters. The zero-order valence-electron chi connectivity index (χ0n) is 12.7. The molecule has 2 rings (SSSR count). The molecule has 112 valence electrons. The molecule has 1 fully saturated rings. The second-order valence-electron chi connectivity index (χ2n) is 5.57. The molecule has 1 aliphatic heterocycles. The first-order chi connectivity index (χ1) is 9.72. The van der Waals surface area contributed by atoms with E-state index in [1.165, 1.54) is 5.56 Å². The van der Waals surface area contributed by atoms with Crippen molar-refractivity contribution >= 4 is 0 Å². The van der Waals surface area contributed by atoms with Crippen LogP contribution in [0, 0.1) is 0 Å². The largest absolute Gasteiger partial charge is 0.387 e. The van der Waals surface area contributed by atoms with Gasteiger partial charge >= 0.3 is 0 Å². The van der Waals surface area contributed by atoms with Gasteiger partial charge in [-0.2, -0.15) is 0 Å². The fourth-order valence-corrected chi connectivity index (χ4v) is 2.82. The van der Waals surface area contributed by atoms with E-state index in [4.69, 9.17) is 4.74 Å². The second kappa shape index (κ2) is 7.77. The van der Waals surface area contributed by atoms with Crippen LogP contribution >= 0.6 is 0 Å². The summed E-state index contributed by atoms with van der Waals surface area (Å²) in [4.78, 5) is 2.34. The quantitative estimate of drug-likeness (QED) is 0.868. The van der Waals surface area contributed by atoms with Crippen LogP contribution in [0.5, 0.6) is 0 Å². The maximum atomic E-state index is 10.3. The lowest BCUT2D eigenvalue weighted by Crippen LogP contribution is -2.39. The molecule has 0 spiro atoms. The molecule has 3 nitrogen and oxygen atoms in total. The Bertz CT molecular complexity index is 382. The number of piperidine rings is 1. The maximum absolute atomic E-state index is 10.3. The van der Waals surface area contributed by atoms with Crippen LogP contribution in [-0.2, 0) is 11.2 Å². The fourth-order valence-electron chi connectivity index (χ4n) is 2.82. The molecular weight excluding hydrogens is 250 g/mol. The first-order valence-electron chi connectivity index (χ1n) is 7.83. The molecule has 1 aromatic rings. The van der Waals surface area contributed by atoms with Crippen molar-refractivity contribution in [2.45, 2.75) is 45.3 Å². The minimum Gasteiger partial charge on any atom is -0.387 e. The Morgan fingerprint density at radius 1 is 1.20 bits per heavy atom. The minimum absolute atomic E-state index is 0.385. The Labute approximate surface area is 122 Å². The van der Waals surface area contributed by atoms with Gasteiger partial charge in [-0.25, -0.2) is 0 Å². The first kappa shape index (κ1) is 15.5. The van der Waals surface area contributed by atoms with Crippen molar-refractivity contribution in [2.75, 3.05) is 26.2 Å². The highest BCUT2D eigenvalue weighted by atomic mass is 16.5. The lowest BCUT2D eigenvalue weighted by atomic mass is 10.0. The first-order valence-corrected chi connectivity index (χ1v) is 7.83. The van der Waals surface area contributed by atoms with Crippen molar-refractivity contribution < 1.29 is 9.84 Å². The van der Waals surface area contributed by atoms with Crippen LogP contribution in [0.3, 0.4) is 0 Å². The number of likely N-dealkylation sites (tertiary alicyclic amines) is 1. The van der Waals surface area contributed by atoms with Gasteiger partial charge in [0, 0.05) is 26.2 Å². The van der Waals surface area contributed by atoms with Crippen LogP contribution in [0.1, 0.15) is 43.9 Å². The molecule has 1 aromatic carbocycles. The summed E-state index contributed by atoms with van der Waals surface area (Å²) in [5.41, 5.74) is 2.34. The number of hydrogen-bond donors (Lipinski definition) is 1. The summed E-state index contributed by atoms with van der Waals surface area (Å²) in [5, 5.41) is 10.3. The van der Waals surface area contributed by atoms with Gasteiger partial charge in [0.1, 0.15) is 0 Å². The van der Waals surface area contributed by atoms with Gasteiger partial charge in [-0.1, -0.05) is 31.2 Å². The lowest BCUT2D eigenvalue weighted by molar-refractivity contribution is 0.00328. The molecule has 0 saturated carbocycles. The third kappa shape index (κ3) is 4.30. The number of hydrogen-bond acceptors (Lipinski definition) is 3. The number of β-amino-alcohol motifs (C(OH)–C–C–N with tert-alkyl or cyclic N) is 1. The zero-order chi connectivity index (χ0) is 14.4. The van der Waals surface area contributed by atoms with Gasteiger partial charge in [0.05, 0.1) is 12.2 Å². The topological polar surface area (TPSA) is 32.7 Å². The number of aliphatic hydroxyl groups is 1. The van der Waals surface area contributed by atoms with Gasteiger partial charge in [0.15, 0.2) is 0 Å². The fraction of sp³-hybridized carbons (Fsp3) is 0.647. The van der Waals surface area contributed by atoms with E-state index in [-0.39, 0.29) is 6.10 Å². The van der Waals surface area contributed by atoms with Gasteiger partial charge in [-0.3, -0.25) is 0 Å². The van der Waals surface area contributed by atoms with Crippen LogP contribution < -0.4 is 0 Å². The number of aryl methyl sites for hydroxylation is 1. The average molecular weight is 277 g/mol. The van der Waals surface area contributed by atoms with Gasteiger partial charge in [0.2, 0.25) is 0 Å².